The molecule has 1 aliphatic heterocycles. The second kappa shape index (κ2) is 4.78. The Kier molecular flexibility index (Phi) is 3.39. The molecule has 0 spiro atoms. The lowest BCUT2D eigenvalue weighted by molar-refractivity contribution is 0.740. The smallest absolute Gasteiger partial charge is 0.195 e. The van der Waals surface area contributed by atoms with Crippen molar-refractivity contribution in [2.75, 3.05) is 18.4 Å². The molecule has 3 nitrogen and oxygen atoms in total. The molecule has 0 saturated heterocycles. The molecule has 1 aliphatic rings. The van der Waals surface area contributed by atoms with Crippen molar-refractivity contribution in [3.63, 3.8) is 0 Å². The van der Waals surface area contributed by atoms with E-state index in [1.54, 1.807) is 0 Å². The van der Waals surface area contributed by atoms with Gasteiger partial charge in [0, 0.05) is 23.7 Å². The van der Waals surface area contributed by atoms with Crippen molar-refractivity contribution in [2.45, 2.75) is 25.2 Å². The SMILES string of the molecule is Cc1cc(NC2=NCCCN2)c(C)cc1S. The summed E-state index contributed by atoms with van der Waals surface area (Å²) in [5, 5.41) is 6.57. The minimum atomic E-state index is 0.876. The van der Waals surface area contributed by atoms with Gasteiger partial charge in [-0.05, 0) is 43.5 Å². The molecule has 0 radical (unpaired) electrons. The molecule has 4 heteroatoms. The van der Waals surface area contributed by atoms with Gasteiger partial charge in [0.1, 0.15) is 0 Å². The van der Waals surface area contributed by atoms with E-state index >= 15 is 0 Å². The molecule has 0 aromatic heterocycles. The van der Waals surface area contributed by atoms with E-state index in [0.29, 0.717) is 0 Å². The highest BCUT2D eigenvalue weighted by molar-refractivity contribution is 7.80. The van der Waals surface area contributed by atoms with Gasteiger partial charge in [0.25, 0.3) is 0 Å². The van der Waals surface area contributed by atoms with Crippen LogP contribution in [-0.2, 0) is 0 Å². The zero-order valence-electron chi connectivity index (χ0n) is 9.67. The van der Waals surface area contributed by atoms with Gasteiger partial charge in [0.05, 0.1) is 0 Å². The molecule has 0 fully saturated rings. The number of thiol groups is 1. The van der Waals surface area contributed by atoms with E-state index < -0.39 is 0 Å². The van der Waals surface area contributed by atoms with Crippen molar-refractivity contribution in [3.8, 4) is 0 Å². The molecule has 0 atom stereocenters. The Bertz CT molecular complexity index is 427. The van der Waals surface area contributed by atoms with E-state index in [4.69, 9.17) is 0 Å². The molecule has 1 aromatic carbocycles. The molecule has 0 saturated carbocycles. The number of rotatable bonds is 1. The number of nitrogens with zero attached hydrogens (tertiary/aromatic N) is 1. The number of nitrogens with one attached hydrogen (secondary N) is 2. The monoisotopic (exact) mass is 235 g/mol. The fourth-order valence-corrected chi connectivity index (χ4v) is 1.94. The molecular weight excluding hydrogens is 218 g/mol. The van der Waals surface area contributed by atoms with E-state index in [0.717, 1.165) is 36.1 Å². The van der Waals surface area contributed by atoms with Crippen LogP contribution in [0.1, 0.15) is 17.5 Å². The average Bonchev–Trinajstić information content (AvgIpc) is 2.27. The maximum atomic E-state index is 4.41. The Labute approximate surface area is 102 Å². The summed E-state index contributed by atoms with van der Waals surface area (Å²) in [6.45, 7) is 6.03. The Hall–Kier alpha value is -1.16. The molecule has 0 unspecified atom stereocenters. The second-order valence-corrected chi connectivity index (χ2v) is 4.57. The summed E-state index contributed by atoms with van der Waals surface area (Å²) < 4.78 is 0. The number of aliphatic imine (C=N–C) groups is 1. The summed E-state index contributed by atoms with van der Waals surface area (Å²) in [6, 6.07) is 4.18. The van der Waals surface area contributed by atoms with Crippen LogP contribution in [0.5, 0.6) is 0 Å². The van der Waals surface area contributed by atoms with Crippen molar-refractivity contribution in [2.24, 2.45) is 4.99 Å². The molecule has 86 valence electrons. The third kappa shape index (κ3) is 2.50. The largest absolute Gasteiger partial charge is 0.356 e. The van der Waals surface area contributed by atoms with Crippen molar-refractivity contribution in [1.29, 1.82) is 0 Å². The molecule has 0 bridgehead atoms. The van der Waals surface area contributed by atoms with Crippen LogP contribution in [0.2, 0.25) is 0 Å². The molecule has 0 aliphatic carbocycles. The lowest BCUT2D eigenvalue weighted by Crippen LogP contribution is -2.35. The Morgan fingerprint density at radius 3 is 2.81 bits per heavy atom. The van der Waals surface area contributed by atoms with Crippen LogP contribution in [-0.4, -0.2) is 19.0 Å². The van der Waals surface area contributed by atoms with E-state index in [-0.39, 0.29) is 0 Å². The number of anilines is 1. The van der Waals surface area contributed by atoms with E-state index in [2.05, 4.69) is 54.2 Å². The van der Waals surface area contributed by atoms with Gasteiger partial charge in [-0.3, -0.25) is 4.99 Å². The van der Waals surface area contributed by atoms with Gasteiger partial charge in [-0.2, -0.15) is 0 Å². The summed E-state index contributed by atoms with van der Waals surface area (Å²) in [6.07, 6.45) is 1.11. The van der Waals surface area contributed by atoms with E-state index in [1.807, 2.05) is 0 Å². The first-order valence-electron chi connectivity index (χ1n) is 5.52. The number of guanidine groups is 1. The van der Waals surface area contributed by atoms with Crippen LogP contribution in [0.25, 0.3) is 0 Å². The molecule has 1 aromatic rings. The van der Waals surface area contributed by atoms with Crippen molar-refractivity contribution in [1.82, 2.24) is 5.32 Å². The van der Waals surface area contributed by atoms with Gasteiger partial charge in [-0.15, -0.1) is 12.6 Å². The first-order valence-corrected chi connectivity index (χ1v) is 5.97. The molecule has 0 amide bonds. The zero-order valence-corrected chi connectivity index (χ0v) is 10.6. The van der Waals surface area contributed by atoms with Gasteiger partial charge < -0.3 is 10.6 Å². The van der Waals surface area contributed by atoms with Crippen molar-refractivity contribution < 1.29 is 0 Å². The third-order valence-corrected chi connectivity index (χ3v) is 3.18. The highest BCUT2D eigenvalue weighted by Gasteiger charge is 2.07. The lowest BCUT2D eigenvalue weighted by Gasteiger charge is -2.18. The maximum absolute atomic E-state index is 4.41. The van der Waals surface area contributed by atoms with Gasteiger partial charge >= 0.3 is 0 Å². The number of hydrogen-bond donors (Lipinski definition) is 3. The second-order valence-electron chi connectivity index (χ2n) is 4.09. The predicted molar refractivity (Wildman–Crippen MR) is 71.7 cm³/mol. The fraction of sp³-hybridized carbons (Fsp3) is 0.417. The fourth-order valence-electron chi connectivity index (χ4n) is 1.68. The van der Waals surface area contributed by atoms with Crippen LogP contribution in [0, 0.1) is 13.8 Å². The van der Waals surface area contributed by atoms with Gasteiger partial charge in [0.15, 0.2) is 5.96 Å². The number of benzene rings is 1. The number of aryl methyl sites for hydroxylation is 2. The first kappa shape index (κ1) is 11.3. The number of hydrogen-bond acceptors (Lipinski definition) is 4. The molecule has 16 heavy (non-hydrogen) atoms. The molecule has 2 rings (SSSR count). The van der Waals surface area contributed by atoms with Crippen molar-refractivity contribution in [3.05, 3.63) is 23.3 Å². The quantitative estimate of drug-likeness (QED) is 0.654. The summed E-state index contributed by atoms with van der Waals surface area (Å²) in [5.41, 5.74) is 3.46. The van der Waals surface area contributed by atoms with Crippen LogP contribution >= 0.6 is 12.6 Å². The normalized spacial score (nSPS) is 15.3. The Morgan fingerprint density at radius 1 is 1.31 bits per heavy atom. The average molecular weight is 235 g/mol. The Balaban J connectivity index is 2.20. The Morgan fingerprint density at radius 2 is 2.12 bits per heavy atom. The summed E-state index contributed by atoms with van der Waals surface area (Å²) in [7, 11) is 0. The standard InChI is InChI=1S/C12H17N3S/c1-8-7-11(16)9(2)6-10(8)15-12-13-4-3-5-14-12/h6-7,16H,3-5H2,1-2H3,(H2,13,14,15). The maximum Gasteiger partial charge on any atom is 0.195 e. The molecular formula is C12H17N3S. The van der Waals surface area contributed by atoms with Gasteiger partial charge in [0.2, 0.25) is 0 Å². The van der Waals surface area contributed by atoms with E-state index in [1.165, 1.54) is 11.1 Å². The molecule has 1 heterocycles. The van der Waals surface area contributed by atoms with Crippen LogP contribution in [0.3, 0.4) is 0 Å². The minimum absolute atomic E-state index is 0.876. The van der Waals surface area contributed by atoms with Gasteiger partial charge in [-0.25, -0.2) is 0 Å². The minimum Gasteiger partial charge on any atom is -0.356 e. The van der Waals surface area contributed by atoms with Crippen molar-refractivity contribution >= 4 is 24.3 Å². The topological polar surface area (TPSA) is 36.4 Å². The highest BCUT2D eigenvalue weighted by Crippen LogP contribution is 2.22. The first-order chi connectivity index (χ1) is 7.66. The predicted octanol–water partition coefficient (Wildman–Crippen LogP) is 2.35. The zero-order chi connectivity index (χ0) is 11.5. The van der Waals surface area contributed by atoms with Crippen LogP contribution in [0.15, 0.2) is 22.0 Å². The summed E-state index contributed by atoms with van der Waals surface area (Å²) in [4.78, 5) is 5.42. The van der Waals surface area contributed by atoms with Crippen LogP contribution in [0.4, 0.5) is 5.69 Å². The lowest BCUT2D eigenvalue weighted by atomic mass is 10.1. The molecule has 2 N–H and O–H groups in total. The van der Waals surface area contributed by atoms with Gasteiger partial charge in [-0.1, -0.05) is 0 Å². The van der Waals surface area contributed by atoms with E-state index in [9.17, 15) is 0 Å². The summed E-state index contributed by atoms with van der Waals surface area (Å²) in [5.74, 6) is 0.876. The summed E-state index contributed by atoms with van der Waals surface area (Å²) >= 11 is 4.41. The highest BCUT2D eigenvalue weighted by atomic mass is 32.1. The van der Waals surface area contributed by atoms with Crippen LogP contribution < -0.4 is 10.6 Å². The third-order valence-electron chi connectivity index (χ3n) is 2.69.